The molecule has 0 unspecified atom stereocenters. The predicted octanol–water partition coefficient (Wildman–Crippen LogP) is 2.94. The van der Waals surface area contributed by atoms with Crippen LogP contribution >= 0.6 is 22.9 Å². The first kappa shape index (κ1) is 16.3. The van der Waals surface area contributed by atoms with Gasteiger partial charge in [0.2, 0.25) is 5.91 Å². The number of anilines is 1. The molecule has 0 aliphatic carbocycles. The second kappa shape index (κ2) is 7.33. The second-order valence-electron chi connectivity index (χ2n) is 5.01. The maximum Gasteiger partial charge on any atom is 0.261 e. The molecule has 0 aliphatic heterocycles. The molecular weight excluding hydrogens is 344 g/mol. The lowest BCUT2D eigenvalue weighted by atomic mass is 10.1. The van der Waals surface area contributed by atoms with E-state index in [0.29, 0.717) is 10.6 Å². The van der Waals surface area contributed by atoms with Crippen LogP contribution < -0.4 is 10.6 Å². The van der Waals surface area contributed by atoms with E-state index in [-0.39, 0.29) is 18.4 Å². The molecule has 2 heterocycles. The van der Waals surface area contributed by atoms with E-state index >= 15 is 0 Å². The number of hydrogen-bond donors (Lipinski definition) is 2. The third-order valence-corrected chi connectivity index (χ3v) is 4.70. The zero-order valence-corrected chi connectivity index (χ0v) is 14.4. The summed E-state index contributed by atoms with van der Waals surface area (Å²) in [5, 5.41) is 11.2. The topological polar surface area (TPSA) is 84.0 Å². The van der Waals surface area contributed by atoms with Crippen LogP contribution in [0.4, 0.5) is 5.69 Å². The molecule has 0 saturated carbocycles. The van der Waals surface area contributed by atoms with E-state index in [0.717, 1.165) is 16.1 Å². The highest BCUT2D eigenvalue weighted by Crippen LogP contribution is 2.20. The van der Waals surface area contributed by atoms with Gasteiger partial charge in [-0.05, 0) is 42.7 Å². The first-order valence-electron chi connectivity index (χ1n) is 7.14. The van der Waals surface area contributed by atoms with Crippen molar-refractivity contribution in [2.75, 3.05) is 11.9 Å². The Morgan fingerprint density at radius 3 is 2.54 bits per heavy atom. The number of aryl methyl sites for hydroxylation is 1. The molecule has 0 spiro atoms. The number of carbonyl (C=O) groups is 2. The van der Waals surface area contributed by atoms with E-state index in [1.54, 1.807) is 18.2 Å². The number of aromatic nitrogens is 2. The minimum Gasteiger partial charge on any atom is -0.342 e. The lowest BCUT2D eigenvalue weighted by molar-refractivity contribution is -0.115. The van der Waals surface area contributed by atoms with Crippen LogP contribution in [0.2, 0.25) is 0 Å². The van der Waals surface area contributed by atoms with Gasteiger partial charge in [0.1, 0.15) is 5.69 Å². The molecule has 2 amide bonds. The van der Waals surface area contributed by atoms with E-state index in [2.05, 4.69) is 20.2 Å². The van der Waals surface area contributed by atoms with E-state index in [4.69, 9.17) is 0 Å². The molecule has 8 heteroatoms. The van der Waals surface area contributed by atoms with Crippen LogP contribution in [-0.4, -0.2) is 27.9 Å². The molecule has 0 atom stereocenters. The third-order valence-electron chi connectivity index (χ3n) is 3.20. The maximum atomic E-state index is 11.9. The SMILES string of the molecule is Cc1ccc(C(=O)NCC(=O)Nc2ccc(-c3csnn3)cc2)s1. The number of carbonyl (C=O) groups excluding carboxylic acids is 2. The Morgan fingerprint density at radius 1 is 1.12 bits per heavy atom. The Bertz CT molecular complexity index is 841. The van der Waals surface area contributed by atoms with Gasteiger partial charge in [-0.15, -0.1) is 16.4 Å². The van der Waals surface area contributed by atoms with Crippen LogP contribution in [0.1, 0.15) is 14.5 Å². The molecule has 3 aromatic rings. The normalized spacial score (nSPS) is 10.4. The first-order valence-corrected chi connectivity index (χ1v) is 8.79. The fraction of sp³-hybridized carbons (Fsp3) is 0.125. The second-order valence-corrected chi connectivity index (χ2v) is 6.91. The van der Waals surface area contributed by atoms with Gasteiger partial charge in [-0.3, -0.25) is 9.59 Å². The number of hydrogen-bond acceptors (Lipinski definition) is 6. The average molecular weight is 358 g/mol. The fourth-order valence-corrected chi connectivity index (χ4v) is 3.27. The molecular formula is C16H14N4O2S2. The summed E-state index contributed by atoms with van der Waals surface area (Å²) >= 11 is 2.69. The molecule has 0 bridgehead atoms. The van der Waals surface area contributed by atoms with Crippen molar-refractivity contribution in [3.05, 3.63) is 51.5 Å². The van der Waals surface area contributed by atoms with E-state index in [1.165, 1.54) is 22.9 Å². The van der Waals surface area contributed by atoms with E-state index in [1.807, 2.05) is 30.5 Å². The molecule has 0 fully saturated rings. The summed E-state index contributed by atoms with van der Waals surface area (Å²) in [5.74, 6) is -0.519. The van der Waals surface area contributed by atoms with Crippen LogP contribution in [0.25, 0.3) is 11.3 Å². The van der Waals surface area contributed by atoms with Crippen LogP contribution in [0.5, 0.6) is 0 Å². The largest absolute Gasteiger partial charge is 0.342 e. The Balaban J connectivity index is 1.52. The highest BCUT2D eigenvalue weighted by Gasteiger charge is 2.10. The van der Waals surface area contributed by atoms with Crippen molar-refractivity contribution < 1.29 is 9.59 Å². The van der Waals surface area contributed by atoms with Gasteiger partial charge in [0.15, 0.2) is 0 Å². The van der Waals surface area contributed by atoms with E-state index < -0.39 is 0 Å². The summed E-state index contributed by atoms with van der Waals surface area (Å²) in [6.45, 7) is 1.85. The van der Waals surface area contributed by atoms with Crippen LogP contribution in [0, 0.1) is 6.92 Å². The van der Waals surface area contributed by atoms with Gasteiger partial charge in [0.05, 0.1) is 11.4 Å². The van der Waals surface area contributed by atoms with Crippen molar-refractivity contribution in [3.63, 3.8) is 0 Å². The van der Waals surface area contributed by atoms with Crippen molar-refractivity contribution in [2.45, 2.75) is 6.92 Å². The molecule has 122 valence electrons. The number of nitrogens with zero attached hydrogens (tertiary/aromatic N) is 2. The zero-order valence-electron chi connectivity index (χ0n) is 12.8. The summed E-state index contributed by atoms with van der Waals surface area (Å²) in [5.41, 5.74) is 2.40. The van der Waals surface area contributed by atoms with Crippen molar-refractivity contribution in [2.24, 2.45) is 0 Å². The number of benzene rings is 1. The summed E-state index contributed by atoms with van der Waals surface area (Å²) < 4.78 is 3.82. The minimum absolute atomic E-state index is 0.0759. The molecule has 2 N–H and O–H groups in total. The van der Waals surface area contributed by atoms with Gasteiger partial charge in [0, 0.05) is 21.5 Å². The van der Waals surface area contributed by atoms with Crippen molar-refractivity contribution in [1.82, 2.24) is 14.9 Å². The van der Waals surface area contributed by atoms with Gasteiger partial charge in [-0.2, -0.15) is 0 Å². The summed E-state index contributed by atoms with van der Waals surface area (Å²) in [7, 11) is 0. The molecule has 3 rings (SSSR count). The molecule has 24 heavy (non-hydrogen) atoms. The van der Waals surface area contributed by atoms with Crippen LogP contribution in [0.15, 0.2) is 41.8 Å². The summed E-state index contributed by atoms with van der Waals surface area (Å²) in [6.07, 6.45) is 0. The Labute approximate surface area is 146 Å². The van der Waals surface area contributed by atoms with Gasteiger partial charge >= 0.3 is 0 Å². The maximum absolute atomic E-state index is 11.9. The van der Waals surface area contributed by atoms with E-state index in [9.17, 15) is 9.59 Å². The minimum atomic E-state index is -0.278. The highest BCUT2D eigenvalue weighted by atomic mass is 32.1. The number of amides is 2. The smallest absolute Gasteiger partial charge is 0.261 e. The Morgan fingerprint density at radius 2 is 1.92 bits per heavy atom. The quantitative estimate of drug-likeness (QED) is 0.734. The molecule has 2 aromatic heterocycles. The predicted molar refractivity (Wildman–Crippen MR) is 95.4 cm³/mol. The van der Waals surface area contributed by atoms with Crippen LogP contribution in [-0.2, 0) is 4.79 Å². The lowest BCUT2D eigenvalue weighted by Gasteiger charge is -2.07. The molecule has 1 aromatic carbocycles. The summed E-state index contributed by atoms with van der Waals surface area (Å²) in [6, 6.07) is 10.9. The summed E-state index contributed by atoms with van der Waals surface area (Å²) in [4.78, 5) is 25.5. The van der Waals surface area contributed by atoms with Crippen molar-refractivity contribution >= 4 is 40.4 Å². The lowest BCUT2D eigenvalue weighted by Crippen LogP contribution is -2.32. The van der Waals surface area contributed by atoms with Crippen molar-refractivity contribution in [3.8, 4) is 11.3 Å². The Kier molecular flexibility index (Phi) is 4.97. The standard InChI is InChI=1S/C16H14N4O2S2/c1-10-2-7-14(24-10)16(22)17-8-15(21)18-12-5-3-11(4-6-12)13-9-23-20-19-13/h2-7,9H,8H2,1H3,(H,17,22)(H,18,21). The number of nitrogens with one attached hydrogen (secondary N) is 2. The van der Waals surface area contributed by atoms with Crippen molar-refractivity contribution in [1.29, 1.82) is 0 Å². The molecule has 0 aliphatic rings. The van der Waals surface area contributed by atoms with Gasteiger partial charge in [-0.25, -0.2) is 0 Å². The van der Waals surface area contributed by atoms with Crippen LogP contribution in [0.3, 0.4) is 0 Å². The van der Waals surface area contributed by atoms with Gasteiger partial charge < -0.3 is 10.6 Å². The first-order chi connectivity index (χ1) is 11.6. The molecule has 0 radical (unpaired) electrons. The Hall–Kier alpha value is -2.58. The average Bonchev–Trinajstić information content (AvgIpc) is 3.25. The van der Waals surface area contributed by atoms with Gasteiger partial charge in [-0.1, -0.05) is 16.6 Å². The zero-order chi connectivity index (χ0) is 16.9. The highest BCUT2D eigenvalue weighted by molar-refractivity contribution is 7.13. The molecule has 0 saturated heterocycles. The number of thiophene rings is 1. The third kappa shape index (κ3) is 4.03. The van der Waals surface area contributed by atoms with Gasteiger partial charge in [0.25, 0.3) is 5.91 Å². The molecule has 6 nitrogen and oxygen atoms in total. The fourth-order valence-electron chi connectivity index (χ4n) is 2.02. The monoisotopic (exact) mass is 358 g/mol. The number of rotatable bonds is 5.